The maximum Gasteiger partial charge on any atom is 0.255 e. The van der Waals surface area contributed by atoms with Crippen molar-refractivity contribution in [3.63, 3.8) is 0 Å². The summed E-state index contributed by atoms with van der Waals surface area (Å²) in [5.41, 5.74) is 0.587. The zero-order valence-corrected chi connectivity index (χ0v) is 19.1. The highest BCUT2D eigenvalue weighted by Gasteiger charge is 2.31. The Kier molecular flexibility index (Phi) is 8.81. The fourth-order valence-corrected chi connectivity index (χ4v) is 4.78. The molecule has 2 aromatic rings. The molecule has 31 heavy (non-hydrogen) atoms. The monoisotopic (exact) mass is 471 g/mol. The largest absolute Gasteiger partial charge is 0.494 e. The number of nitrogens with one attached hydrogen (secondary N) is 1. The van der Waals surface area contributed by atoms with E-state index >= 15 is 0 Å². The first kappa shape index (κ1) is 25.1. The van der Waals surface area contributed by atoms with Gasteiger partial charge < -0.3 is 15.0 Å². The van der Waals surface area contributed by atoms with E-state index in [2.05, 4.69) is 10.2 Å². The first-order valence-electron chi connectivity index (χ1n) is 9.91. The van der Waals surface area contributed by atoms with E-state index in [-0.39, 0.29) is 31.1 Å². The van der Waals surface area contributed by atoms with Gasteiger partial charge in [0.25, 0.3) is 5.91 Å². The number of amides is 1. The van der Waals surface area contributed by atoms with Crippen LogP contribution in [0.4, 0.5) is 10.1 Å². The Bertz CT molecular complexity index is 994. The van der Waals surface area contributed by atoms with Gasteiger partial charge in [-0.1, -0.05) is 6.92 Å². The number of ether oxygens (including phenoxy) is 1. The van der Waals surface area contributed by atoms with Crippen LogP contribution in [-0.2, 0) is 10.0 Å². The molecule has 1 saturated heterocycles. The minimum absolute atomic E-state index is 0. The van der Waals surface area contributed by atoms with Crippen molar-refractivity contribution in [1.29, 1.82) is 0 Å². The zero-order chi connectivity index (χ0) is 21.7. The summed E-state index contributed by atoms with van der Waals surface area (Å²) in [7, 11) is -4.03. The van der Waals surface area contributed by atoms with Gasteiger partial charge in [0.2, 0.25) is 10.0 Å². The third-order valence-corrected chi connectivity index (χ3v) is 6.93. The number of piperazine rings is 1. The van der Waals surface area contributed by atoms with Crippen LogP contribution in [0, 0.1) is 5.82 Å². The number of halogens is 2. The van der Waals surface area contributed by atoms with E-state index in [0.717, 1.165) is 18.7 Å². The maximum atomic E-state index is 14.4. The summed E-state index contributed by atoms with van der Waals surface area (Å²) in [6.07, 6.45) is 0. The van der Waals surface area contributed by atoms with Crippen LogP contribution in [0.15, 0.2) is 47.4 Å². The molecule has 1 amide bonds. The second-order valence-corrected chi connectivity index (χ2v) is 8.80. The molecule has 0 radical (unpaired) electrons. The molecule has 1 fully saturated rings. The van der Waals surface area contributed by atoms with Crippen LogP contribution < -0.4 is 10.1 Å². The standard InChI is InChI=1S/C21H26FN3O4S.ClH/c1-3-24-11-13-25(14-12-24)30(27,28)20-15-16(5-10-19(20)22)21(26)23-17-6-8-18(9-7-17)29-4-2;/h5-10,15H,3-4,11-14H2,1-2H3,(H,23,26);1H. The number of carbonyl (C=O) groups excluding carboxylic acids is 1. The van der Waals surface area contributed by atoms with Crippen molar-refractivity contribution in [2.24, 2.45) is 0 Å². The zero-order valence-electron chi connectivity index (χ0n) is 17.5. The third kappa shape index (κ3) is 5.94. The fraction of sp³-hybridized carbons (Fsp3) is 0.381. The van der Waals surface area contributed by atoms with Crippen molar-refractivity contribution in [3.05, 3.63) is 53.8 Å². The van der Waals surface area contributed by atoms with Crippen LogP contribution in [0.25, 0.3) is 0 Å². The number of rotatable bonds is 7. The summed E-state index contributed by atoms with van der Waals surface area (Å²) in [4.78, 5) is 14.2. The van der Waals surface area contributed by atoms with Gasteiger partial charge in [0.15, 0.2) is 0 Å². The topological polar surface area (TPSA) is 78.9 Å². The molecule has 1 aliphatic heterocycles. The van der Waals surface area contributed by atoms with Crippen molar-refractivity contribution in [1.82, 2.24) is 9.21 Å². The second kappa shape index (κ2) is 10.9. The molecule has 1 heterocycles. The summed E-state index contributed by atoms with van der Waals surface area (Å²) in [6.45, 7) is 7.02. The minimum Gasteiger partial charge on any atom is -0.494 e. The molecule has 1 N–H and O–H groups in total. The molecule has 0 aromatic heterocycles. The lowest BCUT2D eigenvalue weighted by atomic mass is 10.2. The highest BCUT2D eigenvalue weighted by Crippen LogP contribution is 2.23. The van der Waals surface area contributed by atoms with E-state index in [4.69, 9.17) is 4.74 Å². The highest BCUT2D eigenvalue weighted by molar-refractivity contribution is 7.89. The summed E-state index contributed by atoms with van der Waals surface area (Å²) in [5.74, 6) is -0.717. The Hall–Kier alpha value is -2.20. The number of hydrogen-bond donors (Lipinski definition) is 1. The fourth-order valence-electron chi connectivity index (χ4n) is 3.27. The number of nitrogens with zero attached hydrogens (tertiary/aromatic N) is 2. The SMILES string of the molecule is CCOc1ccc(NC(=O)c2ccc(F)c(S(=O)(=O)N3CCN(CC)CC3)c2)cc1.Cl. The number of anilines is 1. The van der Waals surface area contributed by atoms with Gasteiger partial charge in [-0.2, -0.15) is 4.31 Å². The van der Waals surface area contributed by atoms with E-state index in [9.17, 15) is 17.6 Å². The number of sulfonamides is 1. The summed E-state index contributed by atoms with van der Waals surface area (Å²) in [6, 6.07) is 10.2. The van der Waals surface area contributed by atoms with E-state index in [1.54, 1.807) is 24.3 Å². The Morgan fingerprint density at radius 3 is 2.29 bits per heavy atom. The molecule has 170 valence electrons. The second-order valence-electron chi connectivity index (χ2n) is 6.90. The smallest absolute Gasteiger partial charge is 0.255 e. The van der Waals surface area contributed by atoms with Crippen molar-refractivity contribution < 1.29 is 22.3 Å². The first-order chi connectivity index (χ1) is 14.3. The van der Waals surface area contributed by atoms with E-state index in [1.807, 2.05) is 13.8 Å². The molecule has 3 rings (SSSR count). The number of hydrogen-bond acceptors (Lipinski definition) is 5. The van der Waals surface area contributed by atoms with Crippen LogP contribution >= 0.6 is 12.4 Å². The average molecular weight is 472 g/mol. The van der Waals surface area contributed by atoms with Crippen LogP contribution in [0.2, 0.25) is 0 Å². The lowest BCUT2D eigenvalue weighted by Gasteiger charge is -2.33. The summed E-state index contributed by atoms with van der Waals surface area (Å²) < 4.78 is 47.0. The van der Waals surface area contributed by atoms with Crippen LogP contribution in [0.5, 0.6) is 5.75 Å². The number of carbonyl (C=O) groups is 1. The molecule has 0 aliphatic carbocycles. The molecular formula is C21H27ClFN3O4S. The molecular weight excluding hydrogens is 445 g/mol. The van der Waals surface area contributed by atoms with Gasteiger partial charge >= 0.3 is 0 Å². The van der Waals surface area contributed by atoms with Gasteiger partial charge in [-0.25, -0.2) is 12.8 Å². The molecule has 0 bridgehead atoms. The minimum atomic E-state index is -4.03. The predicted octanol–water partition coefficient (Wildman–Crippen LogP) is 3.22. The van der Waals surface area contributed by atoms with Crippen molar-refractivity contribution >= 4 is 34.0 Å². The summed E-state index contributed by atoms with van der Waals surface area (Å²) in [5, 5.41) is 2.69. The van der Waals surface area contributed by atoms with E-state index < -0.39 is 26.6 Å². The van der Waals surface area contributed by atoms with Gasteiger partial charge in [0, 0.05) is 37.4 Å². The first-order valence-corrected chi connectivity index (χ1v) is 11.4. The van der Waals surface area contributed by atoms with E-state index in [1.165, 1.54) is 10.4 Å². The molecule has 10 heteroatoms. The van der Waals surface area contributed by atoms with Crippen LogP contribution in [-0.4, -0.2) is 62.9 Å². The molecule has 0 spiro atoms. The molecule has 7 nitrogen and oxygen atoms in total. The highest BCUT2D eigenvalue weighted by atomic mass is 35.5. The summed E-state index contributed by atoms with van der Waals surface area (Å²) >= 11 is 0. The van der Waals surface area contributed by atoms with Gasteiger partial charge in [0.1, 0.15) is 16.5 Å². The van der Waals surface area contributed by atoms with Gasteiger partial charge in [-0.15, -0.1) is 12.4 Å². The Morgan fingerprint density at radius 1 is 1.06 bits per heavy atom. The van der Waals surface area contributed by atoms with Crippen molar-refractivity contribution in [2.45, 2.75) is 18.7 Å². The Morgan fingerprint density at radius 2 is 1.71 bits per heavy atom. The van der Waals surface area contributed by atoms with Crippen molar-refractivity contribution in [2.75, 3.05) is 44.6 Å². The molecule has 1 aliphatic rings. The lowest BCUT2D eigenvalue weighted by Crippen LogP contribution is -2.48. The normalized spacial score (nSPS) is 15.2. The molecule has 2 aromatic carbocycles. The Labute approximate surface area is 188 Å². The predicted molar refractivity (Wildman–Crippen MR) is 120 cm³/mol. The van der Waals surface area contributed by atoms with Gasteiger partial charge in [-0.05, 0) is 55.9 Å². The molecule has 0 saturated carbocycles. The number of likely N-dealkylation sites (N-methyl/N-ethyl adjacent to an activating group) is 1. The van der Waals surface area contributed by atoms with Crippen molar-refractivity contribution in [3.8, 4) is 5.75 Å². The van der Waals surface area contributed by atoms with Crippen LogP contribution in [0.3, 0.4) is 0 Å². The third-order valence-electron chi connectivity index (χ3n) is 5.01. The maximum absolute atomic E-state index is 14.4. The van der Waals surface area contributed by atoms with Gasteiger partial charge in [0.05, 0.1) is 6.61 Å². The van der Waals surface area contributed by atoms with Crippen LogP contribution in [0.1, 0.15) is 24.2 Å². The quantitative estimate of drug-likeness (QED) is 0.670. The van der Waals surface area contributed by atoms with Gasteiger partial charge in [-0.3, -0.25) is 4.79 Å². The average Bonchev–Trinajstić information content (AvgIpc) is 2.75. The van der Waals surface area contributed by atoms with E-state index in [0.29, 0.717) is 31.1 Å². The molecule has 0 atom stereocenters. The lowest BCUT2D eigenvalue weighted by molar-refractivity contribution is 0.102. The molecule has 0 unspecified atom stereocenters. The Balaban J connectivity index is 0.00000341. The number of benzene rings is 2.